The lowest BCUT2D eigenvalue weighted by atomic mass is 10.1. The van der Waals surface area contributed by atoms with Crippen LogP contribution in [-0.2, 0) is 20.7 Å². The molecule has 0 N–H and O–H groups in total. The van der Waals surface area contributed by atoms with E-state index in [-0.39, 0.29) is 12.3 Å². The van der Waals surface area contributed by atoms with Gasteiger partial charge in [-0.1, -0.05) is 60.7 Å². The molecule has 0 aliphatic carbocycles. The van der Waals surface area contributed by atoms with Gasteiger partial charge in [0, 0.05) is 18.9 Å². The number of ether oxygens (including phenoxy) is 2. The van der Waals surface area contributed by atoms with Crippen molar-refractivity contribution in [1.29, 1.82) is 0 Å². The zero-order valence-corrected chi connectivity index (χ0v) is 14.7. The van der Waals surface area contributed by atoms with Crippen molar-refractivity contribution in [3.05, 3.63) is 84.2 Å². The standard InChI is InChI=1S/C21H24N2O3/c1-3-7-18(8-4-1)11-12-22-13-14-23(26-16-20-15-24-17-25-20)21(22)19-9-5-2-6-10-19/h1-10,13-14,20-21H,11-12,15-17H2. The summed E-state index contributed by atoms with van der Waals surface area (Å²) in [6.07, 6.45) is 5.12. The van der Waals surface area contributed by atoms with E-state index in [1.165, 1.54) is 11.1 Å². The second kappa shape index (κ2) is 8.36. The highest BCUT2D eigenvalue weighted by Crippen LogP contribution is 2.31. The molecule has 2 aromatic carbocycles. The van der Waals surface area contributed by atoms with Crippen LogP contribution in [-0.4, -0.2) is 42.6 Å². The molecule has 2 atom stereocenters. The van der Waals surface area contributed by atoms with Gasteiger partial charge in [0.15, 0.2) is 6.17 Å². The first kappa shape index (κ1) is 17.1. The highest BCUT2D eigenvalue weighted by atomic mass is 16.7. The maximum Gasteiger partial charge on any atom is 0.152 e. The van der Waals surface area contributed by atoms with Gasteiger partial charge in [-0.15, -0.1) is 0 Å². The van der Waals surface area contributed by atoms with Crippen LogP contribution in [0.4, 0.5) is 0 Å². The predicted octanol–water partition coefficient (Wildman–Crippen LogP) is 3.32. The van der Waals surface area contributed by atoms with E-state index in [2.05, 4.69) is 65.7 Å². The van der Waals surface area contributed by atoms with Crippen molar-refractivity contribution in [2.75, 3.05) is 26.6 Å². The normalized spacial score (nSPS) is 22.3. The van der Waals surface area contributed by atoms with E-state index in [1.54, 1.807) is 0 Å². The van der Waals surface area contributed by atoms with Crippen molar-refractivity contribution in [2.24, 2.45) is 0 Å². The van der Waals surface area contributed by atoms with Crippen LogP contribution in [0, 0.1) is 0 Å². The summed E-state index contributed by atoms with van der Waals surface area (Å²) in [6.45, 7) is 2.35. The molecular formula is C21H24N2O3. The van der Waals surface area contributed by atoms with Crippen molar-refractivity contribution < 1.29 is 14.3 Å². The molecule has 0 amide bonds. The summed E-state index contributed by atoms with van der Waals surface area (Å²) in [5.41, 5.74) is 2.54. The minimum absolute atomic E-state index is 0.00167. The SMILES string of the molecule is C1=CN(OCC2COCO2)C(c2ccccc2)N1CCc1ccccc1. The number of hydroxylamine groups is 2. The summed E-state index contributed by atoms with van der Waals surface area (Å²) in [7, 11) is 0. The lowest BCUT2D eigenvalue weighted by Crippen LogP contribution is -2.34. The van der Waals surface area contributed by atoms with E-state index in [4.69, 9.17) is 14.3 Å². The van der Waals surface area contributed by atoms with Gasteiger partial charge in [0.05, 0.1) is 6.61 Å². The monoisotopic (exact) mass is 352 g/mol. The molecule has 2 unspecified atom stereocenters. The first-order valence-electron chi connectivity index (χ1n) is 9.04. The van der Waals surface area contributed by atoms with Gasteiger partial charge in [0.1, 0.15) is 19.5 Å². The van der Waals surface area contributed by atoms with Crippen molar-refractivity contribution in [2.45, 2.75) is 18.7 Å². The van der Waals surface area contributed by atoms with Crippen LogP contribution in [0.15, 0.2) is 73.1 Å². The molecule has 2 heterocycles. The average Bonchev–Trinajstić information content (AvgIpc) is 3.36. The highest BCUT2D eigenvalue weighted by Gasteiger charge is 2.30. The topological polar surface area (TPSA) is 34.2 Å². The molecule has 136 valence electrons. The van der Waals surface area contributed by atoms with E-state index in [0.29, 0.717) is 20.0 Å². The molecule has 1 saturated heterocycles. The van der Waals surface area contributed by atoms with Crippen LogP contribution in [0.2, 0.25) is 0 Å². The molecule has 0 bridgehead atoms. The van der Waals surface area contributed by atoms with Crippen LogP contribution in [0.3, 0.4) is 0 Å². The fourth-order valence-electron chi connectivity index (χ4n) is 3.27. The Bertz CT molecular complexity index is 702. The Balaban J connectivity index is 1.43. The molecule has 0 spiro atoms. The molecule has 4 rings (SSSR count). The first-order chi connectivity index (χ1) is 12.9. The van der Waals surface area contributed by atoms with Crippen molar-refractivity contribution >= 4 is 0 Å². The van der Waals surface area contributed by atoms with Gasteiger partial charge in [-0.05, 0) is 17.5 Å². The third-order valence-electron chi connectivity index (χ3n) is 4.66. The van der Waals surface area contributed by atoms with E-state index in [0.717, 1.165) is 13.0 Å². The molecule has 5 nitrogen and oxygen atoms in total. The molecule has 2 aliphatic rings. The van der Waals surface area contributed by atoms with Gasteiger partial charge < -0.3 is 14.4 Å². The second-order valence-electron chi connectivity index (χ2n) is 6.49. The van der Waals surface area contributed by atoms with Crippen LogP contribution >= 0.6 is 0 Å². The zero-order chi connectivity index (χ0) is 17.6. The van der Waals surface area contributed by atoms with Crippen LogP contribution in [0.1, 0.15) is 17.3 Å². The Morgan fingerprint density at radius 3 is 2.46 bits per heavy atom. The fourth-order valence-corrected chi connectivity index (χ4v) is 3.27. The van der Waals surface area contributed by atoms with Crippen molar-refractivity contribution in [3.8, 4) is 0 Å². The molecule has 1 fully saturated rings. The largest absolute Gasteiger partial charge is 0.353 e. The summed E-state index contributed by atoms with van der Waals surface area (Å²) < 4.78 is 10.7. The molecule has 0 radical (unpaired) electrons. The van der Waals surface area contributed by atoms with Crippen molar-refractivity contribution in [1.82, 2.24) is 9.96 Å². The molecule has 0 saturated carbocycles. The maximum absolute atomic E-state index is 6.04. The lowest BCUT2D eigenvalue weighted by Gasteiger charge is -2.32. The average molecular weight is 352 g/mol. The highest BCUT2D eigenvalue weighted by molar-refractivity contribution is 5.22. The lowest BCUT2D eigenvalue weighted by molar-refractivity contribution is -0.184. The Morgan fingerprint density at radius 1 is 0.962 bits per heavy atom. The maximum atomic E-state index is 6.04. The van der Waals surface area contributed by atoms with Crippen LogP contribution in [0.25, 0.3) is 0 Å². The van der Waals surface area contributed by atoms with Gasteiger partial charge in [0.25, 0.3) is 0 Å². The van der Waals surface area contributed by atoms with Gasteiger partial charge in [-0.25, -0.2) is 5.06 Å². The number of benzene rings is 2. The summed E-state index contributed by atoms with van der Waals surface area (Å²) in [6, 6.07) is 21.0. The fraction of sp³-hybridized carbons (Fsp3) is 0.333. The minimum Gasteiger partial charge on any atom is -0.353 e. The van der Waals surface area contributed by atoms with Gasteiger partial charge in [0.2, 0.25) is 0 Å². The summed E-state index contributed by atoms with van der Waals surface area (Å²) in [5, 5.41) is 1.92. The Labute approximate surface area is 154 Å². The number of nitrogens with zero attached hydrogens (tertiary/aromatic N) is 2. The molecule has 2 aromatic rings. The van der Waals surface area contributed by atoms with Gasteiger partial charge in [-0.2, -0.15) is 0 Å². The van der Waals surface area contributed by atoms with E-state index >= 15 is 0 Å². The summed E-state index contributed by atoms with van der Waals surface area (Å²) in [5.74, 6) is 0. The molecule has 2 aliphatic heterocycles. The van der Waals surface area contributed by atoms with E-state index < -0.39 is 0 Å². The number of hydrogen-bond donors (Lipinski definition) is 0. The number of hydrogen-bond acceptors (Lipinski definition) is 5. The minimum atomic E-state index is -0.00167. The van der Waals surface area contributed by atoms with Crippen LogP contribution in [0.5, 0.6) is 0 Å². The quantitative estimate of drug-likeness (QED) is 0.764. The summed E-state index contributed by atoms with van der Waals surface area (Å²) >= 11 is 0. The Hall–Kier alpha value is -2.34. The Morgan fingerprint density at radius 2 is 1.73 bits per heavy atom. The van der Waals surface area contributed by atoms with Gasteiger partial charge >= 0.3 is 0 Å². The predicted molar refractivity (Wildman–Crippen MR) is 98.7 cm³/mol. The van der Waals surface area contributed by atoms with E-state index in [1.807, 2.05) is 17.3 Å². The second-order valence-corrected chi connectivity index (χ2v) is 6.49. The van der Waals surface area contributed by atoms with E-state index in [9.17, 15) is 0 Å². The molecular weight excluding hydrogens is 328 g/mol. The smallest absolute Gasteiger partial charge is 0.152 e. The van der Waals surface area contributed by atoms with Crippen molar-refractivity contribution in [3.63, 3.8) is 0 Å². The van der Waals surface area contributed by atoms with Crippen LogP contribution < -0.4 is 0 Å². The zero-order valence-electron chi connectivity index (χ0n) is 14.7. The molecule has 26 heavy (non-hydrogen) atoms. The number of rotatable bonds is 7. The summed E-state index contributed by atoms with van der Waals surface area (Å²) in [4.78, 5) is 8.35. The van der Waals surface area contributed by atoms with Gasteiger partial charge in [-0.3, -0.25) is 4.84 Å². The first-order valence-corrected chi connectivity index (χ1v) is 9.04. The Kier molecular flexibility index (Phi) is 5.50. The third kappa shape index (κ3) is 4.07. The molecule has 5 heteroatoms. The molecule has 0 aromatic heterocycles. The third-order valence-corrected chi connectivity index (χ3v) is 4.66.